The summed E-state index contributed by atoms with van der Waals surface area (Å²) in [6, 6.07) is -0.0147. The standard InChI is InChI=1S/C14H19N3O2/c18-17-10-5-7-11(8-6-10)19-14-12-3-1-2-4-13(12)15-9-16-14/h9-11H,1-8H2. The summed E-state index contributed by atoms with van der Waals surface area (Å²) < 4.78 is 6.05. The van der Waals surface area contributed by atoms with Gasteiger partial charge in [-0.25, -0.2) is 9.97 Å². The summed E-state index contributed by atoms with van der Waals surface area (Å²) >= 11 is 0. The van der Waals surface area contributed by atoms with Crippen molar-refractivity contribution in [2.45, 2.75) is 63.5 Å². The van der Waals surface area contributed by atoms with Crippen molar-refractivity contribution in [1.29, 1.82) is 0 Å². The Kier molecular flexibility index (Phi) is 3.71. The summed E-state index contributed by atoms with van der Waals surface area (Å²) in [5.41, 5.74) is 2.35. The third-order valence-corrected chi connectivity index (χ3v) is 4.16. The zero-order valence-corrected chi connectivity index (χ0v) is 11.0. The Morgan fingerprint density at radius 1 is 1.11 bits per heavy atom. The quantitative estimate of drug-likeness (QED) is 0.785. The zero-order valence-electron chi connectivity index (χ0n) is 11.0. The fourth-order valence-electron chi connectivity index (χ4n) is 3.02. The molecule has 0 aromatic carbocycles. The van der Waals surface area contributed by atoms with Gasteiger partial charge in [-0.1, -0.05) is 5.18 Å². The Balaban J connectivity index is 1.68. The number of nitrogens with zero attached hydrogens (tertiary/aromatic N) is 3. The first-order chi connectivity index (χ1) is 9.36. The van der Waals surface area contributed by atoms with Gasteiger partial charge < -0.3 is 4.74 Å². The van der Waals surface area contributed by atoms with E-state index in [0.29, 0.717) is 0 Å². The third-order valence-electron chi connectivity index (χ3n) is 4.16. The van der Waals surface area contributed by atoms with Crippen LogP contribution in [0.3, 0.4) is 0 Å². The summed E-state index contributed by atoms with van der Waals surface area (Å²) in [6.45, 7) is 0. The van der Waals surface area contributed by atoms with E-state index < -0.39 is 0 Å². The highest BCUT2D eigenvalue weighted by atomic mass is 16.5. The lowest BCUT2D eigenvalue weighted by atomic mass is 9.93. The molecule has 1 aromatic heterocycles. The van der Waals surface area contributed by atoms with Crippen molar-refractivity contribution in [3.05, 3.63) is 22.5 Å². The predicted molar refractivity (Wildman–Crippen MR) is 71.1 cm³/mol. The van der Waals surface area contributed by atoms with Gasteiger partial charge in [0.1, 0.15) is 12.4 Å². The van der Waals surface area contributed by atoms with Crippen molar-refractivity contribution in [2.75, 3.05) is 0 Å². The van der Waals surface area contributed by atoms with E-state index in [2.05, 4.69) is 15.1 Å². The van der Waals surface area contributed by atoms with Crippen LogP contribution in [0.2, 0.25) is 0 Å². The summed E-state index contributed by atoms with van der Waals surface area (Å²) in [5, 5.41) is 3.13. The maximum Gasteiger partial charge on any atom is 0.220 e. The number of aromatic nitrogens is 2. The van der Waals surface area contributed by atoms with Gasteiger partial charge in [-0.2, -0.15) is 4.91 Å². The van der Waals surface area contributed by atoms with Crippen LogP contribution in [0, 0.1) is 4.91 Å². The highest BCUT2D eigenvalue weighted by Crippen LogP contribution is 2.30. The molecule has 0 atom stereocenters. The van der Waals surface area contributed by atoms with Gasteiger partial charge in [-0.3, -0.25) is 0 Å². The van der Waals surface area contributed by atoms with Gasteiger partial charge in [-0.05, 0) is 51.4 Å². The first-order valence-corrected chi connectivity index (χ1v) is 7.18. The fourth-order valence-corrected chi connectivity index (χ4v) is 3.02. The van der Waals surface area contributed by atoms with Crippen molar-refractivity contribution in [3.63, 3.8) is 0 Å². The number of nitroso groups, excluding NO2 is 1. The Hall–Kier alpha value is -1.52. The molecule has 1 fully saturated rings. The van der Waals surface area contributed by atoms with Crippen LogP contribution in [0.1, 0.15) is 49.8 Å². The molecule has 5 nitrogen and oxygen atoms in total. The lowest BCUT2D eigenvalue weighted by Gasteiger charge is -2.26. The van der Waals surface area contributed by atoms with Crippen molar-refractivity contribution in [1.82, 2.24) is 9.97 Å². The van der Waals surface area contributed by atoms with E-state index in [1.165, 1.54) is 18.4 Å². The average molecular weight is 261 g/mol. The molecule has 1 saturated carbocycles. The van der Waals surface area contributed by atoms with Gasteiger partial charge in [0.2, 0.25) is 5.88 Å². The molecule has 3 rings (SSSR count). The number of rotatable bonds is 3. The molecule has 2 aliphatic carbocycles. The molecule has 1 heterocycles. The van der Waals surface area contributed by atoms with E-state index in [1.807, 2.05) is 0 Å². The molecule has 1 aromatic rings. The molecule has 0 bridgehead atoms. The second-order valence-electron chi connectivity index (χ2n) is 5.46. The molecular weight excluding hydrogens is 242 g/mol. The first kappa shape index (κ1) is 12.5. The van der Waals surface area contributed by atoms with Crippen LogP contribution in [0.15, 0.2) is 11.5 Å². The molecule has 5 heteroatoms. The lowest BCUT2D eigenvalue weighted by Crippen LogP contribution is -2.26. The smallest absolute Gasteiger partial charge is 0.220 e. The lowest BCUT2D eigenvalue weighted by molar-refractivity contribution is 0.139. The number of fused-ring (bicyclic) bond motifs is 1. The Morgan fingerprint density at radius 3 is 2.68 bits per heavy atom. The van der Waals surface area contributed by atoms with E-state index in [9.17, 15) is 4.91 Å². The van der Waals surface area contributed by atoms with Gasteiger partial charge in [0.15, 0.2) is 0 Å². The number of aryl methyl sites for hydroxylation is 1. The van der Waals surface area contributed by atoms with Crippen LogP contribution in [0.5, 0.6) is 5.88 Å². The maximum atomic E-state index is 10.5. The fraction of sp³-hybridized carbons (Fsp3) is 0.714. The second kappa shape index (κ2) is 5.63. The number of hydrogen-bond acceptors (Lipinski definition) is 5. The summed E-state index contributed by atoms with van der Waals surface area (Å²) in [5.74, 6) is 0.771. The van der Waals surface area contributed by atoms with Gasteiger partial charge in [0.25, 0.3) is 0 Å². The Bertz CT molecular complexity index is 456. The van der Waals surface area contributed by atoms with Crippen LogP contribution in [-0.4, -0.2) is 22.1 Å². The van der Waals surface area contributed by atoms with Crippen molar-refractivity contribution < 1.29 is 4.74 Å². The minimum atomic E-state index is -0.0147. The zero-order chi connectivity index (χ0) is 13.1. The van der Waals surface area contributed by atoms with Crippen LogP contribution in [0.4, 0.5) is 0 Å². The van der Waals surface area contributed by atoms with Crippen LogP contribution in [0.25, 0.3) is 0 Å². The van der Waals surface area contributed by atoms with E-state index in [1.54, 1.807) is 6.33 Å². The van der Waals surface area contributed by atoms with Crippen molar-refractivity contribution >= 4 is 0 Å². The normalized spacial score (nSPS) is 26.5. The van der Waals surface area contributed by atoms with Gasteiger partial charge >= 0.3 is 0 Å². The summed E-state index contributed by atoms with van der Waals surface area (Å²) in [7, 11) is 0. The van der Waals surface area contributed by atoms with Crippen LogP contribution < -0.4 is 4.74 Å². The SMILES string of the molecule is O=NC1CCC(Oc2ncnc3c2CCCC3)CC1. The predicted octanol–water partition coefficient (Wildman–Crippen LogP) is 2.81. The van der Waals surface area contributed by atoms with Gasteiger partial charge in [0.05, 0.1) is 11.7 Å². The van der Waals surface area contributed by atoms with E-state index in [0.717, 1.165) is 50.1 Å². The molecule has 0 saturated heterocycles. The topological polar surface area (TPSA) is 64.4 Å². The van der Waals surface area contributed by atoms with E-state index in [-0.39, 0.29) is 12.1 Å². The summed E-state index contributed by atoms with van der Waals surface area (Å²) in [4.78, 5) is 19.2. The number of ether oxygens (including phenoxy) is 1. The monoisotopic (exact) mass is 261 g/mol. The summed E-state index contributed by atoms with van der Waals surface area (Å²) in [6.07, 6.45) is 9.72. The molecular formula is C14H19N3O2. The molecule has 2 aliphatic rings. The molecule has 0 N–H and O–H groups in total. The Morgan fingerprint density at radius 2 is 1.89 bits per heavy atom. The molecule has 0 unspecified atom stereocenters. The Labute approximate surface area is 112 Å². The van der Waals surface area contributed by atoms with Crippen LogP contribution >= 0.6 is 0 Å². The van der Waals surface area contributed by atoms with E-state index in [4.69, 9.17) is 4.74 Å². The third kappa shape index (κ3) is 2.74. The molecule has 19 heavy (non-hydrogen) atoms. The molecule has 0 radical (unpaired) electrons. The maximum absolute atomic E-state index is 10.5. The van der Waals surface area contributed by atoms with Crippen molar-refractivity contribution in [2.24, 2.45) is 5.18 Å². The largest absolute Gasteiger partial charge is 0.474 e. The highest BCUT2D eigenvalue weighted by Gasteiger charge is 2.25. The average Bonchev–Trinajstić information content (AvgIpc) is 2.48. The first-order valence-electron chi connectivity index (χ1n) is 7.18. The van der Waals surface area contributed by atoms with Gasteiger partial charge in [-0.15, -0.1) is 0 Å². The second-order valence-corrected chi connectivity index (χ2v) is 5.46. The van der Waals surface area contributed by atoms with Gasteiger partial charge in [0, 0.05) is 5.56 Å². The minimum Gasteiger partial charge on any atom is -0.474 e. The van der Waals surface area contributed by atoms with Crippen molar-refractivity contribution in [3.8, 4) is 5.88 Å². The molecule has 0 aliphatic heterocycles. The molecule has 0 amide bonds. The number of hydrogen-bond donors (Lipinski definition) is 0. The highest BCUT2D eigenvalue weighted by molar-refractivity contribution is 5.31. The van der Waals surface area contributed by atoms with E-state index >= 15 is 0 Å². The van der Waals surface area contributed by atoms with Crippen LogP contribution in [-0.2, 0) is 12.8 Å². The molecule has 102 valence electrons. The molecule has 0 spiro atoms. The minimum absolute atomic E-state index is 0.0147.